The average Bonchev–Trinajstić information content (AvgIpc) is 2.56. The molecule has 1 aliphatic carbocycles. The van der Waals surface area contributed by atoms with Crippen LogP contribution in [0.4, 0.5) is 0 Å². The van der Waals surface area contributed by atoms with Gasteiger partial charge in [-0.25, -0.2) is 4.79 Å². The lowest BCUT2D eigenvalue weighted by atomic mass is 9.84. The van der Waals surface area contributed by atoms with E-state index in [9.17, 15) is 9.59 Å². The van der Waals surface area contributed by atoms with Gasteiger partial charge in [-0.2, -0.15) is 0 Å². The topological polar surface area (TPSA) is 56.3 Å². The van der Waals surface area contributed by atoms with Crippen LogP contribution in [0, 0.1) is 11.3 Å². The van der Waals surface area contributed by atoms with E-state index in [0.717, 1.165) is 41.4 Å². The number of hydrogen-bond donors (Lipinski definition) is 0. The summed E-state index contributed by atoms with van der Waals surface area (Å²) in [5, 5.41) is 0.809. The summed E-state index contributed by atoms with van der Waals surface area (Å²) in [4.78, 5) is 29.7. The number of esters is 1. The number of aromatic nitrogens is 1. The van der Waals surface area contributed by atoms with Gasteiger partial charge in [0.25, 0.3) is 0 Å². The molecule has 132 valence electrons. The molecule has 1 aromatic heterocycles. The van der Waals surface area contributed by atoms with Crippen LogP contribution in [0.1, 0.15) is 55.7 Å². The lowest BCUT2D eigenvalue weighted by molar-refractivity contribution is -0.129. The maximum atomic E-state index is 12.9. The van der Waals surface area contributed by atoms with E-state index in [2.05, 4.69) is 6.92 Å². The lowest BCUT2D eigenvalue weighted by Crippen LogP contribution is -2.27. The highest BCUT2D eigenvalue weighted by Crippen LogP contribution is 2.32. The van der Waals surface area contributed by atoms with Crippen LogP contribution in [0.2, 0.25) is 0 Å². The summed E-state index contributed by atoms with van der Waals surface area (Å²) in [5.74, 6) is 0.0150. The number of ether oxygens (including phenoxy) is 1. The van der Waals surface area contributed by atoms with E-state index < -0.39 is 11.4 Å². The predicted molar refractivity (Wildman–Crippen MR) is 97.7 cm³/mol. The van der Waals surface area contributed by atoms with Crippen molar-refractivity contribution in [3.05, 3.63) is 41.1 Å². The monoisotopic (exact) mass is 339 g/mol. The number of para-hydroxylation sites is 1. The van der Waals surface area contributed by atoms with Crippen molar-refractivity contribution in [2.75, 3.05) is 6.61 Å². The van der Waals surface area contributed by atoms with E-state index in [1.807, 2.05) is 45.0 Å². The van der Waals surface area contributed by atoms with Gasteiger partial charge in [-0.05, 0) is 36.8 Å². The second-order valence-electron chi connectivity index (χ2n) is 8.03. The minimum absolute atomic E-state index is 0.0820. The fraction of sp³-hybridized carbons (Fsp3) is 0.476. The second-order valence-corrected chi connectivity index (χ2v) is 8.03. The molecule has 0 radical (unpaired) electrons. The molecule has 0 saturated heterocycles. The number of aryl methyl sites for hydroxylation is 1. The molecule has 0 bridgehead atoms. The number of hydrogen-bond acceptors (Lipinski definition) is 4. The van der Waals surface area contributed by atoms with Crippen LogP contribution in [0.15, 0.2) is 24.3 Å². The Morgan fingerprint density at radius 1 is 1.24 bits per heavy atom. The van der Waals surface area contributed by atoms with Gasteiger partial charge in [-0.15, -0.1) is 0 Å². The minimum Gasteiger partial charge on any atom is -0.454 e. The molecule has 1 atom stereocenters. The van der Waals surface area contributed by atoms with Gasteiger partial charge in [-0.3, -0.25) is 9.78 Å². The smallest absolute Gasteiger partial charge is 0.339 e. The van der Waals surface area contributed by atoms with Gasteiger partial charge in [0.05, 0.1) is 11.1 Å². The van der Waals surface area contributed by atoms with E-state index in [1.54, 1.807) is 0 Å². The first-order valence-corrected chi connectivity index (χ1v) is 8.88. The van der Waals surface area contributed by atoms with Crippen LogP contribution in [-0.2, 0) is 22.4 Å². The van der Waals surface area contributed by atoms with Gasteiger partial charge in [0.15, 0.2) is 12.4 Å². The van der Waals surface area contributed by atoms with Crippen molar-refractivity contribution in [1.29, 1.82) is 0 Å². The van der Waals surface area contributed by atoms with Crippen LogP contribution in [0.25, 0.3) is 10.9 Å². The highest BCUT2D eigenvalue weighted by molar-refractivity contribution is 6.05. The molecule has 1 unspecified atom stereocenters. The first kappa shape index (κ1) is 17.6. The Labute approximate surface area is 148 Å². The van der Waals surface area contributed by atoms with E-state index in [4.69, 9.17) is 9.72 Å². The molecule has 3 rings (SSSR count). The Morgan fingerprint density at radius 2 is 1.96 bits per heavy atom. The summed E-state index contributed by atoms with van der Waals surface area (Å²) in [5.41, 5.74) is 2.87. The minimum atomic E-state index is -0.519. The lowest BCUT2D eigenvalue weighted by Gasteiger charge is -2.24. The third-order valence-electron chi connectivity index (χ3n) is 4.88. The van der Waals surface area contributed by atoms with Crippen molar-refractivity contribution in [3.63, 3.8) is 0 Å². The number of benzene rings is 1. The van der Waals surface area contributed by atoms with Gasteiger partial charge in [0.2, 0.25) is 0 Å². The van der Waals surface area contributed by atoms with Gasteiger partial charge in [0, 0.05) is 16.5 Å². The Balaban J connectivity index is 2.00. The summed E-state index contributed by atoms with van der Waals surface area (Å²) in [6.07, 6.45) is 2.78. The SMILES string of the molecule is CC1CCc2nc3ccccc3c(C(=O)OCC(=O)C(C)(C)C)c2C1. The molecule has 1 heterocycles. The van der Waals surface area contributed by atoms with E-state index in [-0.39, 0.29) is 12.4 Å². The third kappa shape index (κ3) is 3.58. The highest BCUT2D eigenvalue weighted by atomic mass is 16.5. The number of carbonyl (C=O) groups excluding carboxylic acids is 2. The number of fused-ring (bicyclic) bond motifs is 2. The van der Waals surface area contributed by atoms with Crippen molar-refractivity contribution in [3.8, 4) is 0 Å². The maximum Gasteiger partial charge on any atom is 0.339 e. The zero-order valence-corrected chi connectivity index (χ0v) is 15.4. The molecular weight excluding hydrogens is 314 g/mol. The van der Waals surface area contributed by atoms with Crippen LogP contribution in [-0.4, -0.2) is 23.3 Å². The summed E-state index contributed by atoms with van der Waals surface area (Å²) in [6, 6.07) is 7.65. The highest BCUT2D eigenvalue weighted by Gasteiger charge is 2.28. The predicted octanol–water partition coefficient (Wildman–Crippen LogP) is 4.13. The first-order chi connectivity index (χ1) is 11.8. The van der Waals surface area contributed by atoms with Crippen LogP contribution in [0.3, 0.4) is 0 Å². The number of rotatable bonds is 3. The van der Waals surface area contributed by atoms with Crippen LogP contribution >= 0.6 is 0 Å². The largest absolute Gasteiger partial charge is 0.454 e. The number of ketones is 1. The molecule has 0 N–H and O–H groups in total. The Kier molecular flexibility index (Phi) is 4.63. The zero-order valence-electron chi connectivity index (χ0n) is 15.4. The number of Topliss-reactive ketones (excluding diaryl/α,β-unsaturated/α-hetero) is 1. The molecule has 0 aliphatic heterocycles. The van der Waals surface area contributed by atoms with Crippen molar-refractivity contribution in [2.24, 2.45) is 11.3 Å². The summed E-state index contributed by atoms with van der Waals surface area (Å²) < 4.78 is 5.41. The Bertz CT molecular complexity index is 833. The standard InChI is InChI=1S/C21H25NO3/c1-13-9-10-17-15(11-13)19(14-7-5-6-8-16(14)22-17)20(24)25-12-18(23)21(2,3)4/h5-8,13H,9-12H2,1-4H3. The molecule has 0 saturated carbocycles. The van der Waals surface area contributed by atoms with E-state index in [1.165, 1.54) is 0 Å². The van der Waals surface area contributed by atoms with Crippen molar-refractivity contribution < 1.29 is 14.3 Å². The third-order valence-corrected chi connectivity index (χ3v) is 4.88. The van der Waals surface area contributed by atoms with Gasteiger partial charge in [-0.1, -0.05) is 45.9 Å². The molecular formula is C21H25NO3. The Morgan fingerprint density at radius 3 is 2.68 bits per heavy atom. The number of nitrogens with zero attached hydrogens (tertiary/aromatic N) is 1. The molecule has 1 aromatic carbocycles. The van der Waals surface area contributed by atoms with Crippen LogP contribution in [0.5, 0.6) is 0 Å². The average molecular weight is 339 g/mol. The Hall–Kier alpha value is -2.23. The summed E-state index contributed by atoms with van der Waals surface area (Å²) in [7, 11) is 0. The first-order valence-electron chi connectivity index (χ1n) is 8.88. The molecule has 25 heavy (non-hydrogen) atoms. The van der Waals surface area contributed by atoms with Crippen LogP contribution < -0.4 is 0 Å². The molecule has 0 spiro atoms. The van der Waals surface area contributed by atoms with E-state index in [0.29, 0.717) is 11.5 Å². The number of pyridine rings is 1. The molecule has 2 aromatic rings. The molecule has 4 heteroatoms. The zero-order chi connectivity index (χ0) is 18.2. The second kappa shape index (κ2) is 6.58. The molecule has 0 fully saturated rings. The van der Waals surface area contributed by atoms with Gasteiger partial charge >= 0.3 is 5.97 Å². The van der Waals surface area contributed by atoms with Gasteiger partial charge < -0.3 is 4.74 Å². The van der Waals surface area contributed by atoms with Crippen molar-refractivity contribution >= 4 is 22.7 Å². The number of carbonyl (C=O) groups is 2. The summed E-state index contributed by atoms with van der Waals surface area (Å²) >= 11 is 0. The molecule has 1 aliphatic rings. The molecule has 4 nitrogen and oxygen atoms in total. The maximum absolute atomic E-state index is 12.9. The summed E-state index contributed by atoms with van der Waals surface area (Å²) in [6.45, 7) is 7.48. The van der Waals surface area contributed by atoms with Crippen molar-refractivity contribution in [1.82, 2.24) is 4.98 Å². The normalized spacial score (nSPS) is 17.2. The fourth-order valence-corrected chi connectivity index (χ4v) is 3.22. The van der Waals surface area contributed by atoms with Gasteiger partial charge in [0.1, 0.15) is 0 Å². The van der Waals surface area contributed by atoms with E-state index >= 15 is 0 Å². The fourth-order valence-electron chi connectivity index (χ4n) is 3.22. The quantitative estimate of drug-likeness (QED) is 0.789. The molecule has 0 amide bonds. The van der Waals surface area contributed by atoms with Crippen molar-refractivity contribution in [2.45, 2.75) is 47.0 Å².